The van der Waals surface area contributed by atoms with Crippen LogP contribution in [0.2, 0.25) is 0 Å². The Hall–Kier alpha value is -6.14. The molecule has 0 spiro atoms. The van der Waals surface area contributed by atoms with Gasteiger partial charge in [0.1, 0.15) is 0 Å². The lowest BCUT2D eigenvalue weighted by Crippen LogP contribution is -2.60. The molecule has 5 heterocycles. The number of hydrogen-bond donors (Lipinski definition) is 0. The van der Waals surface area contributed by atoms with Gasteiger partial charge in [-0.3, -0.25) is 0 Å². The van der Waals surface area contributed by atoms with E-state index in [1.165, 1.54) is 153 Å². The lowest BCUT2D eigenvalue weighted by Gasteiger charge is -2.43. The van der Waals surface area contributed by atoms with Crippen molar-refractivity contribution in [1.82, 2.24) is 4.57 Å². The van der Waals surface area contributed by atoms with Gasteiger partial charge in [-0.2, -0.15) is 0 Å². The van der Waals surface area contributed by atoms with E-state index < -0.39 is 0 Å². The number of rotatable bonds is 1. The van der Waals surface area contributed by atoms with Crippen LogP contribution in [-0.4, -0.2) is 11.4 Å². The minimum absolute atomic E-state index is 0.0351. The van der Waals surface area contributed by atoms with E-state index in [0.29, 0.717) is 0 Å². The summed E-state index contributed by atoms with van der Waals surface area (Å²) >= 11 is 3.87. The van der Waals surface area contributed by atoms with Crippen LogP contribution in [0.3, 0.4) is 0 Å². The number of aromatic nitrogens is 1. The third-order valence-electron chi connectivity index (χ3n) is 17.3. The molecule has 4 aliphatic rings. The predicted octanol–water partition coefficient (Wildman–Crippen LogP) is 16.7. The summed E-state index contributed by atoms with van der Waals surface area (Å²) in [5.41, 5.74) is 22.2. The van der Waals surface area contributed by atoms with Crippen molar-refractivity contribution in [3.63, 3.8) is 0 Å². The van der Waals surface area contributed by atoms with Gasteiger partial charge < -0.3 is 9.38 Å². The summed E-state index contributed by atoms with van der Waals surface area (Å²) in [6, 6.07) is 52.9. The van der Waals surface area contributed by atoms with Gasteiger partial charge in [0, 0.05) is 79.2 Å². The quantitative estimate of drug-likeness (QED) is 0.149. The molecule has 0 bridgehead atoms. The fourth-order valence-electron chi connectivity index (χ4n) is 13.8. The largest absolute Gasteiger partial charge is 0.376 e. The van der Waals surface area contributed by atoms with Crippen LogP contribution in [0.15, 0.2) is 133 Å². The van der Waals surface area contributed by atoms with Crippen molar-refractivity contribution in [1.29, 1.82) is 0 Å². The van der Waals surface area contributed by atoms with Gasteiger partial charge in [-0.15, -0.1) is 22.7 Å². The number of hydrogen-bond acceptors (Lipinski definition) is 3. The Morgan fingerprint density at radius 3 is 1.81 bits per heavy atom. The molecule has 0 saturated heterocycles. The lowest BCUT2D eigenvalue weighted by atomic mass is 9.43. The molecule has 330 valence electrons. The summed E-state index contributed by atoms with van der Waals surface area (Å²) in [5.74, 6) is 0. The van der Waals surface area contributed by atoms with E-state index in [1.807, 2.05) is 22.7 Å². The maximum absolute atomic E-state index is 2.78. The van der Waals surface area contributed by atoms with Crippen LogP contribution >= 0.6 is 22.7 Å². The Labute approximate surface area is 407 Å². The molecular formula is C63H53BN2S2. The van der Waals surface area contributed by atoms with E-state index in [0.717, 1.165) is 0 Å². The van der Waals surface area contributed by atoms with Gasteiger partial charge in [-0.25, -0.2) is 0 Å². The van der Waals surface area contributed by atoms with E-state index in [4.69, 9.17) is 0 Å². The van der Waals surface area contributed by atoms with Gasteiger partial charge >= 0.3 is 6.85 Å². The zero-order valence-corrected chi connectivity index (χ0v) is 42.0. The van der Waals surface area contributed by atoms with Crippen LogP contribution in [0.5, 0.6) is 0 Å². The number of nitrogens with zero attached hydrogens (tertiary/aromatic N) is 2. The van der Waals surface area contributed by atoms with Crippen molar-refractivity contribution >= 4 is 114 Å². The second-order valence-corrected chi connectivity index (χ2v) is 25.7. The van der Waals surface area contributed by atoms with E-state index in [2.05, 4.69) is 205 Å². The number of fused-ring (bicyclic) bond motifs is 20. The summed E-state index contributed by atoms with van der Waals surface area (Å²) in [5, 5.41) is 8.22. The first kappa shape index (κ1) is 39.8. The van der Waals surface area contributed by atoms with E-state index in [9.17, 15) is 0 Å². The first-order chi connectivity index (χ1) is 32.6. The Morgan fingerprint density at radius 2 is 1.13 bits per heavy atom. The zero-order valence-electron chi connectivity index (χ0n) is 40.4. The second-order valence-electron chi connectivity index (χ2n) is 23.5. The van der Waals surface area contributed by atoms with E-state index in [-0.39, 0.29) is 28.5 Å². The fraction of sp³-hybridized carbons (Fsp3) is 0.238. The molecule has 11 aromatic rings. The molecule has 68 heavy (non-hydrogen) atoms. The molecule has 2 aliphatic carbocycles. The Balaban J connectivity index is 1.21. The highest BCUT2D eigenvalue weighted by Crippen LogP contribution is 2.60. The number of anilines is 2. The van der Waals surface area contributed by atoms with Crippen LogP contribution in [0.4, 0.5) is 11.4 Å². The fourth-order valence-corrected chi connectivity index (χ4v) is 16.0. The van der Waals surface area contributed by atoms with Crippen LogP contribution in [0.25, 0.3) is 90.1 Å². The van der Waals surface area contributed by atoms with Crippen molar-refractivity contribution in [2.45, 2.75) is 96.8 Å². The summed E-state index contributed by atoms with van der Waals surface area (Å²) in [6.07, 6.45) is 2.36. The van der Waals surface area contributed by atoms with Crippen LogP contribution in [0, 0.1) is 0 Å². The maximum Gasteiger partial charge on any atom is 0.333 e. The molecule has 0 N–H and O–H groups in total. The molecule has 15 rings (SSSR count). The molecule has 0 radical (unpaired) electrons. The van der Waals surface area contributed by atoms with Crippen molar-refractivity contribution in [3.05, 3.63) is 161 Å². The molecule has 0 saturated carbocycles. The van der Waals surface area contributed by atoms with Gasteiger partial charge in [0.25, 0.3) is 0 Å². The Kier molecular flexibility index (Phi) is 7.46. The van der Waals surface area contributed by atoms with Crippen molar-refractivity contribution in [2.75, 3.05) is 4.81 Å². The summed E-state index contributed by atoms with van der Waals surface area (Å²) in [6.45, 7) is 21.9. The van der Waals surface area contributed by atoms with Crippen LogP contribution in [-0.2, 0) is 21.7 Å². The molecule has 5 heteroatoms. The average Bonchev–Trinajstić information content (AvgIpc) is 4.04. The number of benzene rings is 8. The molecule has 2 aliphatic heterocycles. The van der Waals surface area contributed by atoms with Gasteiger partial charge in [0.2, 0.25) is 0 Å². The molecule has 0 unspecified atom stereocenters. The maximum atomic E-state index is 2.78. The topological polar surface area (TPSA) is 8.17 Å². The van der Waals surface area contributed by atoms with Gasteiger partial charge in [-0.05, 0) is 139 Å². The van der Waals surface area contributed by atoms with E-state index in [1.54, 1.807) is 0 Å². The third kappa shape index (κ3) is 4.89. The summed E-state index contributed by atoms with van der Waals surface area (Å²) < 4.78 is 8.15. The average molecular weight is 913 g/mol. The normalized spacial score (nSPS) is 17.1. The molecule has 0 fully saturated rings. The van der Waals surface area contributed by atoms with Crippen molar-refractivity contribution in [2.24, 2.45) is 0 Å². The molecular weight excluding hydrogens is 860 g/mol. The smallest absolute Gasteiger partial charge is 0.333 e. The molecule has 0 atom stereocenters. The van der Waals surface area contributed by atoms with Crippen molar-refractivity contribution < 1.29 is 0 Å². The Morgan fingerprint density at radius 1 is 0.529 bits per heavy atom. The number of thiophene rings is 2. The standard InChI is InChI=1S/C63H53BN2S2/c1-60(2,3)34-22-24-35(25-23-34)66-48-32-52-39(36-16-11-14-20-50(36)67-52)28-41(48)55-54-38-18-10-13-19-43(38)63(8,9)57(54)56-42-29-44-45(62(6,7)27-26-61(44,4)5)31-47(42)65-49-33-53-40(37-17-12-15-21-51(37)68-53)30-46(49)64(66)58(55)59(56)65/h10-25,28-33H,26-27H2,1-9H3. The highest BCUT2D eigenvalue weighted by molar-refractivity contribution is 7.26. The molecule has 0 amide bonds. The van der Waals surface area contributed by atoms with Gasteiger partial charge in [0.05, 0.1) is 11.0 Å². The monoisotopic (exact) mass is 912 g/mol. The molecule has 8 aromatic carbocycles. The van der Waals surface area contributed by atoms with Gasteiger partial charge in [-0.1, -0.05) is 141 Å². The van der Waals surface area contributed by atoms with Crippen LogP contribution in [0.1, 0.15) is 103 Å². The molecule has 2 nitrogen and oxygen atoms in total. The summed E-state index contributed by atoms with van der Waals surface area (Å²) in [7, 11) is 0. The predicted molar refractivity (Wildman–Crippen MR) is 297 cm³/mol. The second kappa shape index (κ2) is 12.7. The minimum atomic E-state index is -0.241. The van der Waals surface area contributed by atoms with Gasteiger partial charge in [0.15, 0.2) is 0 Å². The Bertz CT molecular complexity index is 4110. The van der Waals surface area contributed by atoms with Crippen molar-refractivity contribution in [3.8, 4) is 27.9 Å². The minimum Gasteiger partial charge on any atom is -0.376 e. The highest BCUT2D eigenvalue weighted by Gasteiger charge is 2.50. The summed E-state index contributed by atoms with van der Waals surface area (Å²) in [4.78, 5) is 2.77. The first-order valence-electron chi connectivity index (χ1n) is 24.7. The third-order valence-corrected chi connectivity index (χ3v) is 19.6. The zero-order chi connectivity index (χ0) is 46.1. The molecule has 3 aromatic heterocycles. The van der Waals surface area contributed by atoms with Crippen LogP contribution < -0.4 is 15.7 Å². The SMILES string of the molecule is CC(C)(C)c1ccc(N2B3c4cc5c(cc4-n4c6cc7c(cc6c6c8c(c(c3c64)-c3cc4c(cc32)sc2ccccc24)-c2ccccc2C8(C)C)C(C)(C)CCC7(C)C)sc2ccccc25)cc1. The lowest BCUT2D eigenvalue weighted by molar-refractivity contribution is 0.332. The highest BCUT2D eigenvalue weighted by atomic mass is 32.1. The first-order valence-corrected chi connectivity index (χ1v) is 26.4. The van der Waals surface area contributed by atoms with E-state index >= 15 is 0 Å².